The highest BCUT2D eigenvalue weighted by Gasteiger charge is 2.39. The Morgan fingerprint density at radius 3 is 2.89 bits per heavy atom. The highest BCUT2D eigenvalue weighted by Crippen LogP contribution is 2.44. The van der Waals surface area contributed by atoms with Gasteiger partial charge in [0.2, 0.25) is 5.96 Å². The maximum absolute atomic E-state index is 12.8. The van der Waals surface area contributed by atoms with Crippen molar-refractivity contribution < 1.29 is 4.21 Å². The highest BCUT2D eigenvalue weighted by molar-refractivity contribution is 7.98. The molecule has 0 bridgehead atoms. The van der Waals surface area contributed by atoms with Gasteiger partial charge in [-0.1, -0.05) is 19.0 Å². The molecule has 1 aliphatic heterocycles. The largest absolute Gasteiger partial charge is 0.369 e. The van der Waals surface area contributed by atoms with Crippen LogP contribution in [-0.4, -0.2) is 43.1 Å². The molecule has 3 aromatic rings. The summed E-state index contributed by atoms with van der Waals surface area (Å²) in [6.45, 7) is 1.89. The number of halogens is 1. The van der Waals surface area contributed by atoms with E-state index in [1.54, 1.807) is 13.2 Å². The van der Waals surface area contributed by atoms with Crippen LogP contribution < -0.4 is 5.73 Å². The van der Waals surface area contributed by atoms with Crippen LogP contribution in [0.5, 0.6) is 0 Å². The summed E-state index contributed by atoms with van der Waals surface area (Å²) >= 11 is 8.05. The molecule has 1 aliphatic rings. The fourth-order valence-corrected chi connectivity index (χ4v) is 6.50. The number of thiophene rings is 1. The van der Waals surface area contributed by atoms with Gasteiger partial charge in [0.25, 0.3) is 0 Å². The Morgan fingerprint density at radius 1 is 1.48 bits per heavy atom. The van der Waals surface area contributed by atoms with E-state index < -0.39 is 15.2 Å². The molecule has 6 nitrogen and oxygen atoms in total. The number of nitrogens with two attached hydrogens (primary N) is 1. The molecular weight excluding hydrogens is 402 g/mol. The fraction of sp³-hybridized carbons (Fsp3) is 0.278. The van der Waals surface area contributed by atoms with E-state index in [0.29, 0.717) is 5.02 Å². The maximum atomic E-state index is 12.8. The first-order chi connectivity index (χ1) is 12.2. The van der Waals surface area contributed by atoms with Crippen LogP contribution in [-0.2, 0) is 15.2 Å². The summed E-state index contributed by atoms with van der Waals surface area (Å²) in [4.78, 5) is 14.0. The molecule has 3 aromatic heterocycles. The van der Waals surface area contributed by atoms with Crippen molar-refractivity contribution in [2.24, 2.45) is 10.7 Å². The average Bonchev–Trinajstić information content (AvgIpc) is 3.15. The molecule has 0 saturated carbocycles. The zero-order chi connectivity index (χ0) is 18.7. The van der Waals surface area contributed by atoms with Crippen molar-refractivity contribution >= 4 is 55.5 Å². The number of hydrogen-bond donors (Lipinski definition) is 2. The van der Waals surface area contributed by atoms with Gasteiger partial charge >= 0.3 is 0 Å². The number of fused-ring (bicyclic) bond motifs is 1. The van der Waals surface area contributed by atoms with Crippen LogP contribution in [0.15, 0.2) is 35.5 Å². The molecule has 0 spiro atoms. The zero-order valence-electron chi connectivity index (χ0n) is 14.3. The lowest BCUT2D eigenvalue weighted by atomic mass is 10.0. The number of hydrogen-bond acceptors (Lipinski definition) is 5. The van der Waals surface area contributed by atoms with E-state index in [4.69, 9.17) is 17.3 Å². The molecule has 0 amide bonds. The van der Waals surface area contributed by atoms with Crippen LogP contribution in [0.4, 0.5) is 0 Å². The lowest BCUT2D eigenvalue weighted by molar-refractivity contribution is 0.522. The minimum atomic E-state index is -2.55. The van der Waals surface area contributed by atoms with Crippen LogP contribution in [0, 0.1) is 0 Å². The van der Waals surface area contributed by atoms with E-state index in [0.717, 1.165) is 26.5 Å². The van der Waals surface area contributed by atoms with Gasteiger partial charge in [-0.2, -0.15) is 0 Å². The van der Waals surface area contributed by atoms with Gasteiger partial charge < -0.3 is 10.7 Å². The third kappa shape index (κ3) is 3.22. The molecule has 0 radical (unpaired) electrons. The molecule has 0 aliphatic carbocycles. The molecule has 144 valence electrons. The van der Waals surface area contributed by atoms with E-state index in [-0.39, 0.29) is 19.1 Å². The second kappa shape index (κ2) is 6.54. The van der Waals surface area contributed by atoms with E-state index in [2.05, 4.69) is 20.8 Å². The molecule has 1 unspecified atom stereocenters. The second-order valence-corrected chi connectivity index (χ2v) is 10.4. The van der Waals surface area contributed by atoms with Crippen LogP contribution in [0.2, 0.25) is 5.02 Å². The monoisotopic (exact) mass is 423 g/mol. The minimum Gasteiger partial charge on any atom is -0.369 e. The van der Waals surface area contributed by atoms with Gasteiger partial charge in [0.05, 0.1) is 35.9 Å². The lowest BCUT2D eigenvalue weighted by Gasteiger charge is -2.36. The fourth-order valence-electron chi connectivity index (χ4n) is 3.14. The molecule has 4 rings (SSSR count). The Bertz CT molecular complexity index is 1110. The molecular formula is C18H22ClN5OS2. The van der Waals surface area contributed by atoms with Crippen molar-refractivity contribution in [2.45, 2.75) is 19.9 Å². The maximum Gasteiger partial charge on any atom is 0.203 e. The average molecular weight is 424 g/mol. The number of rotatable bonds is 2. The molecule has 0 aromatic carbocycles. The first-order valence-corrected chi connectivity index (χ1v) is 10.9. The highest BCUT2D eigenvalue weighted by atomic mass is 35.5. The number of aliphatic imine (C=N–C) groups is 1. The number of guanidine groups is 1. The van der Waals surface area contributed by atoms with Gasteiger partial charge in [0.1, 0.15) is 11.2 Å². The third-order valence-corrected chi connectivity index (χ3v) is 8.55. The minimum absolute atomic E-state index is 0. The van der Waals surface area contributed by atoms with Crippen molar-refractivity contribution in [3.8, 4) is 10.6 Å². The Kier molecular flexibility index (Phi) is 4.78. The SMILES string of the molecule is C.C=S1(=O)C[C@@](C)(c2sc(-c3cc4cccnc4[nH]3)cc2Cl)N=C(N)N1C. The summed E-state index contributed by atoms with van der Waals surface area (Å²) in [6, 6.07) is 7.83. The summed E-state index contributed by atoms with van der Waals surface area (Å²) in [7, 11) is -0.906. The Morgan fingerprint density at radius 2 is 2.22 bits per heavy atom. The van der Waals surface area contributed by atoms with Crippen molar-refractivity contribution in [3.63, 3.8) is 0 Å². The molecule has 27 heavy (non-hydrogen) atoms. The summed E-state index contributed by atoms with van der Waals surface area (Å²) in [5, 5.41) is 1.61. The van der Waals surface area contributed by atoms with Gasteiger partial charge in [0.15, 0.2) is 0 Å². The van der Waals surface area contributed by atoms with E-state index in [1.165, 1.54) is 15.6 Å². The first-order valence-electron chi connectivity index (χ1n) is 7.88. The lowest BCUT2D eigenvalue weighted by Crippen LogP contribution is -2.50. The number of nitrogens with zero attached hydrogens (tertiary/aromatic N) is 3. The summed E-state index contributed by atoms with van der Waals surface area (Å²) in [5.41, 5.74) is 6.96. The number of nitrogens with one attached hydrogen (secondary N) is 1. The molecule has 2 atom stereocenters. The van der Waals surface area contributed by atoms with Crippen LogP contribution in [0.25, 0.3) is 21.6 Å². The van der Waals surface area contributed by atoms with Gasteiger partial charge in [-0.15, -0.1) is 11.3 Å². The van der Waals surface area contributed by atoms with E-state index in [1.807, 2.05) is 31.2 Å². The van der Waals surface area contributed by atoms with Crippen molar-refractivity contribution in [1.82, 2.24) is 14.3 Å². The van der Waals surface area contributed by atoms with Crippen molar-refractivity contribution in [3.05, 3.63) is 40.4 Å². The van der Waals surface area contributed by atoms with Gasteiger partial charge in [-0.3, -0.25) is 4.31 Å². The van der Waals surface area contributed by atoms with Gasteiger partial charge in [0, 0.05) is 18.6 Å². The Balaban J connectivity index is 0.00000210. The first kappa shape index (κ1) is 19.7. The van der Waals surface area contributed by atoms with Crippen LogP contribution in [0.3, 0.4) is 0 Å². The summed E-state index contributed by atoms with van der Waals surface area (Å²) < 4.78 is 14.3. The smallest absolute Gasteiger partial charge is 0.203 e. The van der Waals surface area contributed by atoms with Gasteiger partial charge in [-0.25, -0.2) is 14.2 Å². The van der Waals surface area contributed by atoms with E-state index in [9.17, 15) is 4.21 Å². The molecule has 3 N–H and O–H groups in total. The van der Waals surface area contributed by atoms with Crippen LogP contribution in [0.1, 0.15) is 19.2 Å². The molecule has 0 fully saturated rings. The standard InChI is InChI=1S/C17H18ClN5OS2.CH4/c1-17(9-26(3,24)23(2)16(19)22-17)14-11(18)8-13(25-14)12-7-10-5-4-6-20-15(10)21-12;/h4-8H,3,9H2,1-2H3,(H2,19,22)(H,20,21);1H4/t17-,26?;/m0./s1. The molecule has 0 saturated heterocycles. The predicted molar refractivity (Wildman–Crippen MR) is 118 cm³/mol. The number of pyridine rings is 1. The van der Waals surface area contributed by atoms with Crippen molar-refractivity contribution in [1.29, 1.82) is 0 Å². The third-order valence-electron chi connectivity index (χ3n) is 4.52. The van der Waals surface area contributed by atoms with Gasteiger partial charge in [-0.05, 0) is 37.1 Å². The quantitative estimate of drug-likeness (QED) is 0.616. The zero-order valence-corrected chi connectivity index (χ0v) is 16.7. The van der Waals surface area contributed by atoms with Crippen molar-refractivity contribution in [2.75, 3.05) is 12.8 Å². The summed E-state index contributed by atoms with van der Waals surface area (Å²) in [6.07, 6.45) is 1.75. The normalized spacial score (nSPS) is 25.3. The van der Waals surface area contributed by atoms with E-state index >= 15 is 0 Å². The number of aromatic nitrogens is 2. The predicted octanol–water partition coefficient (Wildman–Crippen LogP) is 3.69. The number of aromatic amines is 1. The second-order valence-electron chi connectivity index (χ2n) is 6.57. The Hall–Kier alpha value is -2.03. The Labute approximate surface area is 168 Å². The topological polar surface area (TPSA) is 87.4 Å². The molecule has 4 heterocycles. The van der Waals surface area contributed by atoms with Crippen LogP contribution >= 0.6 is 22.9 Å². The number of H-pyrrole nitrogens is 1. The summed E-state index contributed by atoms with van der Waals surface area (Å²) in [5.74, 6) is 4.31. The molecule has 9 heteroatoms.